The molecule has 0 aliphatic heterocycles. The van der Waals surface area contributed by atoms with Crippen LogP contribution >= 0.6 is 11.3 Å². The molecule has 0 aliphatic rings. The van der Waals surface area contributed by atoms with Gasteiger partial charge in [-0.1, -0.05) is 45.0 Å². The second-order valence-electron chi connectivity index (χ2n) is 6.59. The van der Waals surface area contributed by atoms with E-state index in [1.807, 2.05) is 24.4 Å². The maximum absolute atomic E-state index is 13.1. The maximum Gasteiger partial charge on any atom is 0.305 e. The number of rotatable bonds is 6. The highest BCUT2D eigenvalue weighted by Crippen LogP contribution is 2.32. The second-order valence-corrected chi connectivity index (χ2v) is 7.45. The fourth-order valence-electron chi connectivity index (χ4n) is 3.03. The van der Waals surface area contributed by atoms with Gasteiger partial charge in [-0.2, -0.15) is 0 Å². The Labute approximate surface area is 155 Å². The molecule has 1 aromatic carbocycles. The lowest BCUT2D eigenvalue weighted by molar-refractivity contribution is -0.137. The lowest BCUT2D eigenvalue weighted by Gasteiger charge is -2.11. The van der Waals surface area contributed by atoms with E-state index in [9.17, 15) is 9.59 Å². The summed E-state index contributed by atoms with van der Waals surface area (Å²) in [4.78, 5) is 29.3. The van der Waals surface area contributed by atoms with Crippen LogP contribution in [0.4, 0.5) is 0 Å². The Balaban J connectivity index is 2.14. The van der Waals surface area contributed by atoms with Crippen LogP contribution in [0.3, 0.4) is 0 Å². The van der Waals surface area contributed by atoms with E-state index in [0.29, 0.717) is 28.4 Å². The quantitative estimate of drug-likeness (QED) is 0.703. The zero-order valence-corrected chi connectivity index (χ0v) is 16.0. The topological polar surface area (TPSA) is 72.2 Å². The molecule has 26 heavy (non-hydrogen) atoms. The van der Waals surface area contributed by atoms with Gasteiger partial charge in [0.05, 0.1) is 11.8 Å². The first-order valence-electron chi connectivity index (χ1n) is 8.75. The molecular weight excluding hydrogens is 348 g/mol. The molecule has 6 heteroatoms. The number of carboxylic acid groups (broad SMARTS) is 1. The van der Waals surface area contributed by atoms with Crippen LogP contribution in [0, 0.1) is 0 Å². The van der Waals surface area contributed by atoms with Gasteiger partial charge in [-0.3, -0.25) is 14.2 Å². The number of benzene rings is 1. The lowest BCUT2D eigenvalue weighted by Crippen LogP contribution is -2.26. The van der Waals surface area contributed by atoms with Crippen LogP contribution in [0.2, 0.25) is 0 Å². The first-order valence-corrected chi connectivity index (χ1v) is 9.63. The van der Waals surface area contributed by atoms with Gasteiger partial charge in [-0.15, -0.1) is 11.3 Å². The van der Waals surface area contributed by atoms with Gasteiger partial charge >= 0.3 is 5.97 Å². The fourth-order valence-corrected chi connectivity index (χ4v) is 3.99. The van der Waals surface area contributed by atoms with E-state index >= 15 is 0 Å². The Morgan fingerprint density at radius 3 is 2.54 bits per heavy atom. The van der Waals surface area contributed by atoms with E-state index in [1.54, 1.807) is 0 Å². The van der Waals surface area contributed by atoms with Crippen molar-refractivity contribution in [1.82, 2.24) is 9.55 Å². The van der Waals surface area contributed by atoms with E-state index in [2.05, 4.69) is 31.0 Å². The highest BCUT2D eigenvalue weighted by atomic mass is 32.1. The van der Waals surface area contributed by atoms with Crippen LogP contribution in [0.15, 0.2) is 34.4 Å². The van der Waals surface area contributed by atoms with E-state index in [4.69, 9.17) is 5.11 Å². The molecule has 0 unspecified atom stereocenters. The molecule has 0 fully saturated rings. The van der Waals surface area contributed by atoms with Crippen molar-refractivity contribution in [2.75, 3.05) is 0 Å². The number of aromatic nitrogens is 2. The third kappa shape index (κ3) is 3.42. The van der Waals surface area contributed by atoms with Gasteiger partial charge in [0.25, 0.3) is 5.56 Å². The van der Waals surface area contributed by atoms with E-state index in [-0.39, 0.29) is 18.5 Å². The summed E-state index contributed by atoms with van der Waals surface area (Å²) in [5.41, 5.74) is 2.94. The van der Waals surface area contributed by atoms with Crippen LogP contribution in [0.1, 0.15) is 44.5 Å². The third-order valence-electron chi connectivity index (χ3n) is 4.53. The van der Waals surface area contributed by atoms with Crippen molar-refractivity contribution in [3.8, 4) is 11.1 Å². The monoisotopic (exact) mass is 370 g/mol. The number of aryl methyl sites for hydroxylation is 1. The Morgan fingerprint density at radius 1 is 1.27 bits per heavy atom. The predicted octanol–water partition coefficient (Wildman–Crippen LogP) is 4.29. The van der Waals surface area contributed by atoms with Crippen molar-refractivity contribution in [3.63, 3.8) is 0 Å². The Bertz CT molecular complexity index is 1000. The highest BCUT2D eigenvalue weighted by Gasteiger charge is 2.17. The molecule has 2 aromatic heterocycles. The first-order chi connectivity index (χ1) is 12.4. The van der Waals surface area contributed by atoms with E-state index in [0.717, 1.165) is 11.1 Å². The van der Waals surface area contributed by atoms with E-state index < -0.39 is 5.97 Å². The van der Waals surface area contributed by atoms with Crippen molar-refractivity contribution in [3.05, 3.63) is 51.4 Å². The van der Waals surface area contributed by atoms with Crippen molar-refractivity contribution in [1.29, 1.82) is 0 Å². The van der Waals surface area contributed by atoms with Gasteiger partial charge in [-0.25, -0.2) is 4.98 Å². The SMILES string of the molecule is CCc1nc2scc(-c3ccc(C(C)C)cc3)c2c(=O)n1CCC(=O)O. The third-order valence-corrected chi connectivity index (χ3v) is 5.40. The number of thiophene rings is 1. The Hall–Kier alpha value is -2.47. The highest BCUT2D eigenvalue weighted by molar-refractivity contribution is 7.17. The average Bonchev–Trinajstić information content (AvgIpc) is 3.04. The molecule has 0 bridgehead atoms. The predicted molar refractivity (Wildman–Crippen MR) is 105 cm³/mol. The summed E-state index contributed by atoms with van der Waals surface area (Å²) in [5, 5.41) is 11.5. The normalized spacial score (nSPS) is 11.4. The molecule has 0 amide bonds. The number of carboxylic acids is 1. The van der Waals surface area contributed by atoms with Gasteiger partial charge < -0.3 is 5.11 Å². The molecule has 0 saturated heterocycles. The van der Waals surface area contributed by atoms with Gasteiger partial charge in [0.2, 0.25) is 0 Å². The summed E-state index contributed by atoms with van der Waals surface area (Å²) in [6.07, 6.45) is 0.490. The number of hydrogen-bond donors (Lipinski definition) is 1. The molecule has 0 saturated carbocycles. The fraction of sp³-hybridized carbons (Fsp3) is 0.350. The van der Waals surface area contributed by atoms with Crippen LogP contribution in [0.25, 0.3) is 21.3 Å². The molecule has 3 rings (SSSR count). The molecular formula is C20H22N2O3S. The molecule has 0 atom stereocenters. The molecule has 5 nitrogen and oxygen atoms in total. The van der Waals surface area contributed by atoms with Crippen LogP contribution in [-0.2, 0) is 17.8 Å². The molecule has 0 spiro atoms. The average molecular weight is 370 g/mol. The van der Waals surface area contributed by atoms with Gasteiger partial charge in [0.1, 0.15) is 10.7 Å². The van der Waals surface area contributed by atoms with Crippen LogP contribution in [0.5, 0.6) is 0 Å². The summed E-state index contributed by atoms with van der Waals surface area (Å²) >= 11 is 1.46. The Morgan fingerprint density at radius 2 is 1.96 bits per heavy atom. The number of nitrogens with zero attached hydrogens (tertiary/aromatic N) is 2. The van der Waals surface area contributed by atoms with Crippen LogP contribution in [-0.4, -0.2) is 20.6 Å². The molecule has 0 radical (unpaired) electrons. The minimum atomic E-state index is -0.922. The smallest absolute Gasteiger partial charge is 0.305 e. The Kier molecular flexibility index (Phi) is 5.23. The maximum atomic E-state index is 13.1. The molecule has 136 valence electrons. The summed E-state index contributed by atoms with van der Waals surface area (Å²) in [5.74, 6) is 0.159. The molecule has 3 aromatic rings. The summed E-state index contributed by atoms with van der Waals surface area (Å²) < 4.78 is 1.51. The van der Waals surface area contributed by atoms with E-state index in [1.165, 1.54) is 21.5 Å². The van der Waals surface area contributed by atoms with Crippen molar-refractivity contribution < 1.29 is 9.90 Å². The summed E-state index contributed by atoms with van der Waals surface area (Å²) in [6.45, 7) is 6.35. The van der Waals surface area contributed by atoms with Crippen LogP contribution < -0.4 is 5.56 Å². The minimum absolute atomic E-state index is 0.0946. The molecule has 2 heterocycles. The van der Waals surface area contributed by atoms with Crippen molar-refractivity contribution >= 4 is 27.5 Å². The number of aliphatic carboxylic acids is 1. The van der Waals surface area contributed by atoms with Crippen molar-refractivity contribution in [2.24, 2.45) is 0 Å². The zero-order valence-electron chi connectivity index (χ0n) is 15.2. The number of hydrogen-bond acceptors (Lipinski definition) is 4. The van der Waals surface area contributed by atoms with Gasteiger partial charge in [0.15, 0.2) is 0 Å². The standard InChI is InChI=1S/C20H22N2O3S/c1-4-16-21-19-18(20(25)22(16)10-9-17(23)24)15(11-26-19)14-7-5-13(6-8-14)12(2)3/h5-8,11-12H,4,9-10H2,1-3H3,(H,23,24). The van der Waals surface area contributed by atoms with Gasteiger partial charge in [-0.05, 0) is 17.0 Å². The minimum Gasteiger partial charge on any atom is -0.481 e. The lowest BCUT2D eigenvalue weighted by atomic mass is 9.99. The number of carbonyl (C=O) groups is 1. The zero-order chi connectivity index (χ0) is 18.8. The summed E-state index contributed by atoms with van der Waals surface area (Å²) in [6, 6.07) is 8.23. The largest absolute Gasteiger partial charge is 0.481 e. The first kappa shape index (κ1) is 18.3. The molecule has 0 aliphatic carbocycles. The second kappa shape index (κ2) is 7.41. The number of fused-ring (bicyclic) bond motifs is 1. The van der Waals surface area contributed by atoms with Gasteiger partial charge in [0, 0.05) is 23.9 Å². The summed E-state index contributed by atoms with van der Waals surface area (Å²) in [7, 11) is 0. The van der Waals surface area contributed by atoms with Crippen molar-refractivity contribution in [2.45, 2.75) is 46.1 Å². The molecule has 1 N–H and O–H groups in total.